The Morgan fingerprint density at radius 1 is 0.672 bits per heavy atom. The standard InChI is InChI=1S/C40H33F6N11O4/c1-20-18-56(30-4-2-21(41)14-26(30)43)34-23(32(20)58)16-28(45)36(49-34)52-6-10-54(11-7-52)39(47)51-40(48)55-12-8-53(9-13-55)37-29(46)17-24-33(59)25(38(60)61)19-57(35(24)50-37)31-5-3-22(42)15-27(31)44/h2-5,14-19H,6-13H2,1H3,(H,60,61)(H3,47,48,51). The van der Waals surface area contributed by atoms with Crippen LogP contribution < -0.4 is 26.4 Å². The molecule has 2 fully saturated rings. The van der Waals surface area contributed by atoms with E-state index in [1.807, 2.05) is 0 Å². The topological polar surface area (TPSA) is 182 Å². The number of nitrogens with one attached hydrogen (secondary N) is 1. The third kappa shape index (κ3) is 7.42. The molecule has 6 aromatic rings. The number of benzene rings is 2. The summed E-state index contributed by atoms with van der Waals surface area (Å²) in [5, 5.41) is 17.7. The summed E-state index contributed by atoms with van der Waals surface area (Å²) in [4.78, 5) is 57.3. The maximum absolute atomic E-state index is 15.6. The lowest BCUT2D eigenvalue weighted by Crippen LogP contribution is -2.53. The van der Waals surface area contributed by atoms with Crippen molar-refractivity contribution < 1.29 is 36.2 Å². The summed E-state index contributed by atoms with van der Waals surface area (Å²) in [7, 11) is 0. The van der Waals surface area contributed by atoms with Crippen LogP contribution in [0.5, 0.6) is 0 Å². The maximum atomic E-state index is 15.6. The smallest absolute Gasteiger partial charge is 0.341 e. The van der Waals surface area contributed by atoms with Gasteiger partial charge in [-0.2, -0.15) is 4.99 Å². The van der Waals surface area contributed by atoms with Gasteiger partial charge in [0.15, 0.2) is 46.0 Å². The van der Waals surface area contributed by atoms with Crippen molar-refractivity contribution in [3.63, 3.8) is 0 Å². The summed E-state index contributed by atoms with van der Waals surface area (Å²) >= 11 is 0. The average Bonchev–Trinajstić information content (AvgIpc) is 3.22. The number of aromatic nitrogens is 4. The number of fused-ring (bicyclic) bond motifs is 2. The summed E-state index contributed by atoms with van der Waals surface area (Å²) in [5.41, 5.74) is 3.50. The van der Waals surface area contributed by atoms with Gasteiger partial charge in [0, 0.05) is 82.4 Å². The normalized spacial score (nSPS) is 15.0. The number of carboxylic acids is 1. The molecule has 0 unspecified atom stereocenters. The van der Waals surface area contributed by atoms with Crippen LogP contribution in [0.25, 0.3) is 33.4 Å². The monoisotopic (exact) mass is 845 g/mol. The molecule has 15 nitrogen and oxygen atoms in total. The molecule has 0 atom stereocenters. The Morgan fingerprint density at radius 3 is 1.61 bits per heavy atom. The zero-order valence-electron chi connectivity index (χ0n) is 32.0. The van der Waals surface area contributed by atoms with Crippen molar-refractivity contribution in [2.24, 2.45) is 10.7 Å². The molecule has 314 valence electrons. The van der Waals surface area contributed by atoms with Crippen molar-refractivity contribution in [3.8, 4) is 11.4 Å². The molecule has 21 heteroatoms. The molecule has 2 saturated heterocycles. The van der Waals surface area contributed by atoms with Crippen molar-refractivity contribution in [3.05, 3.63) is 127 Å². The van der Waals surface area contributed by atoms with Gasteiger partial charge in [0.25, 0.3) is 0 Å². The number of carbonyl (C=O) groups is 1. The number of pyridine rings is 4. The first-order valence-corrected chi connectivity index (χ1v) is 18.6. The Balaban J connectivity index is 0.963. The summed E-state index contributed by atoms with van der Waals surface area (Å²) in [6.45, 7) is 2.88. The molecule has 2 aromatic carbocycles. The number of anilines is 2. The van der Waals surface area contributed by atoms with Gasteiger partial charge < -0.3 is 30.4 Å². The third-order valence-corrected chi connectivity index (χ3v) is 10.6. The predicted octanol–water partition coefficient (Wildman–Crippen LogP) is 4.12. The Labute approximate surface area is 340 Å². The summed E-state index contributed by atoms with van der Waals surface area (Å²) < 4.78 is 90.6. The number of hydrogen-bond donors (Lipinski definition) is 3. The Kier molecular flexibility index (Phi) is 10.3. The van der Waals surface area contributed by atoms with E-state index in [0.717, 1.165) is 41.1 Å². The number of rotatable bonds is 5. The van der Waals surface area contributed by atoms with Gasteiger partial charge in [-0.3, -0.25) is 24.1 Å². The van der Waals surface area contributed by atoms with E-state index in [4.69, 9.17) is 11.1 Å². The maximum Gasteiger partial charge on any atom is 0.341 e. The van der Waals surface area contributed by atoms with E-state index in [2.05, 4.69) is 15.0 Å². The highest BCUT2D eigenvalue weighted by Gasteiger charge is 2.28. The molecular weight excluding hydrogens is 813 g/mol. The lowest BCUT2D eigenvalue weighted by atomic mass is 10.1. The highest BCUT2D eigenvalue weighted by molar-refractivity contribution is 5.94. The Hall–Kier alpha value is -7.45. The van der Waals surface area contributed by atoms with Crippen LogP contribution in [-0.2, 0) is 0 Å². The van der Waals surface area contributed by atoms with E-state index in [0.29, 0.717) is 12.1 Å². The molecule has 0 bridgehead atoms. The number of hydrogen-bond acceptors (Lipinski definition) is 8. The van der Waals surface area contributed by atoms with Crippen molar-refractivity contribution in [1.82, 2.24) is 28.9 Å². The molecule has 2 aliphatic rings. The number of aryl methyl sites for hydroxylation is 1. The lowest BCUT2D eigenvalue weighted by Gasteiger charge is -2.37. The van der Waals surface area contributed by atoms with Gasteiger partial charge in [-0.15, -0.1) is 0 Å². The first kappa shape index (κ1) is 40.3. The van der Waals surface area contributed by atoms with Gasteiger partial charge >= 0.3 is 5.97 Å². The number of guanidine groups is 2. The average molecular weight is 846 g/mol. The highest BCUT2D eigenvalue weighted by atomic mass is 19.2. The second-order valence-electron chi connectivity index (χ2n) is 14.3. The largest absolute Gasteiger partial charge is 0.477 e. The van der Waals surface area contributed by atoms with E-state index in [9.17, 15) is 37.1 Å². The lowest BCUT2D eigenvalue weighted by molar-refractivity contribution is 0.0695. The van der Waals surface area contributed by atoms with Gasteiger partial charge in [-0.1, -0.05) is 0 Å². The predicted molar refractivity (Wildman–Crippen MR) is 213 cm³/mol. The number of aliphatic imine (C=N–C) groups is 1. The van der Waals surface area contributed by atoms with Crippen LogP contribution in [0, 0.1) is 47.2 Å². The van der Waals surface area contributed by atoms with Gasteiger partial charge in [-0.05, 0) is 43.3 Å². The number of halogens is 6. The van der Waals surface area contributed by atoms with E-state index < -0.39 is 62.7 Å². The van der Waals surface area contributed by atoms with Crippen LogP contribution >= 0.6 is 0 Å². The number of nitrogens with two attached hydrogens (primary N) is 1. The Bertz CT molecular complexity index is 2960. The second-order valence-corrected chi connectivity index (χ2v) is 14.3. The van der Waals surface area contributed by atoms with Crippen LogP contribution in [0.2, 0.25) is 0 Å². The van der Waals surface area contributed by atoms with Crippen LogP contribution in [-0.4, -0.2) is 104 Å². The number of nitrogens with zero attached hydrogens (tertiary/aromatic N) is 9. The van der Waals surface area contributed by atoms with E-state index in [1.54, 1.807) is 14.7 Å². The summed E-state index contributed by atoms with van der Waals surface area (Å²) in [6.07, 6.45) is 2.20. The SMILES string of the molecule is Cc1cn(-c2ccc(F)cc2F)c2nc(N3CCN(C(N)=NC(=N)N4CCN(c5nc6c(cc5F)c(=O)c(C(=O)O)cn6-c5ccc(F)cc5F)CC4)CC3)c(F)cc2c1=O. The number of aromatic carboxylic acids is 1. The van der Waals surface area contributed by atoms with Crippen molar-refractivity contribution in [2.45, 2.75) is 6.92 Å². The molecule has 0 radical (unpaired) electrons. The van der Waals surface area contributed by atoms with Crippen molar-refractivity contribution >= 4 is 51.6 Å². The number of piperazine rings is 2. The van der Waals surface area contributed by atoms with Gasteiger partial charge in [0.05, 0.1) is 22.1 Å². The fraction of sp³-hybridized carbons (Fsp3) is 0.225. The first-order valence-electron chi connectivity index (χ1n) is 18.6. The van der Waals surface area contributed by atoms with E-state index in [-0.39, 0.29) is 110 Å². The van der Waals surface area contributed by atoms with Crippen LogP contribution in [0.3, 0.4) is 0 Å². The van der Waals surface area contributed by atoms with Gasteiger partial charge in [-0.25, -0.2) is 41.1 Å². The zero-order valence-corrected chi connectivity index (χ0v) is 32.0. The molecule has 0 aliphatic carbocycles. The van der Waals surface area contributed by atoms with E-state index >= 15 is 8.78 Å². The van der Waals surface area contributed by atoms with Crippen molar-refractivity contribution in [1.29, 1.82) is 5.41 Å². The molecule has 4 N–H and O–H groups in total. The van der Waals surface area contributed by atoms with Crippen LogP contribution in [0.4, 0.5) is 38.0 Å². The molecule has 0 amide bonds. The molecule has 0 spiro atoms. The molecule has 0 saturated carbocycles. The third-order valence-electron chi connectivity index (χ3n) is 10.6. The minimum Gasteiger partial charge on any atom is -0.477 e. The van der Waals surface area contributed by atoms with Gasteiger partial charge in [0.2, 0.25) is 11.4 Å². The second kappa shape index (κ2) is 15.6. The quantitative estimate of drug-likeness (QED) is 0.129. The minimum absolute atomic E-state index is 0.00379. The van der Waals surface area contributed by atoms with Crippen LogP contribution in [0.1, 0.15) is 15.9 Å². The fourth-order valence-electron chi connectivity index (χ4n) is 7.40. The minimum atomic E-state index is -1.64. The number of carboxylic acid groups (broad SMARTS) is 1. The zero-order chi connectivity index (χ0) is 43.4. The van der Waals surface area contributed by atoms with Crippen LogP contribution in [0.15, 0.2) is 75.5 Å². The molecule has 2 aliphatic heterocycles. The summed E-state index contributed by atoms with van der Waals surface area (Å²) in [5.74, 6) is -7.56. The molecule has 6 heterocycles. The fourth-order valence-corrected chi connectivity index (χ4v) is 7.40. The van der Waals surface area contributed by atoms with E-state index in [1.165, 1.54) is 28.7 Å². The van der Waals surface area contributed by atoms with Crippen molar-refractivity contribution in [2.75, 3.05) is 62.2 Å². The molecule has 4 aromatic heterocycles. The first-order chi connectivity index (χ1) is 29.1. The Morgan fingerprint density at radius 2 is 1.13 bits per heavy atom. The highest BCUT2D eigenvalue weighted by Crippen LogP contribution is 2.28. The summed E-state index contributed by atoms with van der Waals surface area (Å²) in [6, 6.07) is 7.36. The molecular formula is C40H33F6N11O4. The van der Waals surface area contributed by atoms with Gasteiger partial charge in [0.1, 0.15) is 28.8 Å². The molecule has 8 rings (SSSR count). The molecule has 61 heavy (non-hydrogen) atoms.